The molecule has 5 atom stereocenters. The van der Waals surface area contributed by atoms with Gasteiger partial charge in [-0.1, -0.05) is 44.2 Å². The molecule has 1 heterocycles. The number of hydrogen-bond acceptors (Lipinski definition) is 3. The summed E-state index contributed by atoms with van der Waals surface area (Å²) in [7, 11) is 0. The average molecular weight is 416 g/mol. The summed E-state index contributed by atoms with van der Waals surface area (Å²) in [6.45, 7) is 4.50. The molecule has 5 rings (SSSR count). The smallest absolute Gasteiger partial charge is 0.204 e. The van der Waals surface area contributed by atoms with Crippen LogP contribution in [0.3, 0.4) is 0 Å². The zero-order valence-corrected chi connectivity index (χ0v) is 18.7. The topological polar surface area (TPSA) is 31.4 Å². The van der Waals surface area contributed by atoms with E-state index in [4.69, 9.17) is 9.47 Å². The maximum atomic E-state index is 6.66. The zero-order chi connectivity index (χ0) is 21.2. The molecule has 2 aliphatic rings. The zero-order valence-electron chi connectivity index (χ0n) is 18.7. The monoisotopic (exact) mass is 415 g/mol. The highest BCUT2D eigenvalue weighted by Gasteiger charge is 2.41. The van der Waals surface area contributed by atoms with Crippen LogP contribution >= 0.6 is 0 Å². The first kappa shape index (κ1) is 20.5. The molecule has 2 saturated carbocycles. The van der Waals surface area contributed by atoms with Gasteiger partial charge in [0.2, 0.25) is 6.29 Å². The normalized spacial score (nSPS) is 24.4. The van der Waals surface area contributed by atoms with Crippen molar-refractivity contribution in [2.24, 2.45) is 11.8 Å². The summed E-state index contributed by atoms with van der Waals surface area (Å²) in [5.41, 5.74) is 3.62. The van der Waals surface area contributed by atoms with E-state index in [9.17, 15) is 0 Å². The lowest BCUT2D eigenvalue weighted by molar-refractivity contribution is -0.132. The van der Waals surface area contributed by atoms with Crippen LogP contribution in [0.4, 0.5) is 0 Å². The van der Waals surface area contributed by atoms with Crippen molar-refractivity contribution >= 4 is 10.9 Å². The van der Waals surface area contributed by atoms with Gasteiger partial charge in [0.1, 0.15) is 5.75 Å². The van der Waals surface area contributed by atoms with Gasteiger partial charge in [-0.05, 0) is 85.3 Å². The molecule has 2 bridgehead atoms. The molecule has 2 aromatic carbocycles. The first-order valence-electron chi connectivity index (χ1n) is 11.9. The minimum Gasteiger partial charge on any atom is -0.465 e. The van der Waals surface area contributed by atoms with E-state index >= 15 is 0 Å². The second-order valence-electron chi connectivity index (χ2n) is 9.47. The third-order valence-corrected chi connectivity index (χ3v) is 7.45. The van der Waals surface area contributed by atoms with Crippen molar-refractivity contribution in [1.82, 2.24) is 4.98 Å². The molecule has 1 aromatic heterocycles. The Morgan fingerprint density at radius 1 is 1.00 bits per heavy atom. The molecule has 0 N–H and O–H groups in total. The average Bonchev–Trinajstić information content (AvgIpc) is 3.43. The fourth-order valence-corrected chi connectivity index (χ4v) is 5.45. The summed E-state index contributed by atoms with van der Waals surface area (Å²) in [5, 5.41) is 1.18. The van der Waals surface area contributed by atoms with E-state index in [2.05, 4.69) is 67.4 Å². The van der Waals surface area contributed by atoms with Crippen LogP contribution in [0.1, 0.15) is 63.0 Å². The number of fused-ring (bicyclic) bond motifs is 3. The molecule has 162 valence electrons. The van der Waals surface area contributed by atoms with Crippen molar-refractivity contribution in [2.75, 3.05) is 0 Å². The lowest BCUT2D eigenvalue weighted by Gasteiger charge is -2.28. The van der Waals surface area contributed by atoms with Gasteiger partial charge >= 0.3 is 0 Å². The highest BCUT2D eigenvalue weighted by Crippen LogP contribution is 2.46. The van der Waals surface area contributed by atoms with Crippen molar-refractivity contribution in [2.45, 2.75) is 70.7 Å². The van der Waals surface area contributed by atoms with E-state index in [-0.39, 0.29) is 6.29 Å². The number of ether oxygens (including phenoxy) is 2. The Morgan fingerprint density at radius 3 is 2.61 bits per heavy atom. The van der Waals surface area contributed by atoms with E-state index in [1.54, 1.807) is 0 Å². The van der Waals surface area contributed by atoms with Crippen molar-refractivity contribution in [3.8, 4) is 5.75 Å². The predicted octanol–water partition coefficient (Wildman–Crippen LogP) is 6.90. The standard InChI is InChI=1S/C28H33NO2/c1-3-19(2)21-11-13-24(14-12-21)30-28(31-27-17-20-9-10-23(27)16-20)18-22-6-4-8-26-25(22)7-5-15-29-26/h4-8,11-15,19-20,23,27-28H,3,9-10,16-18H2,1-2H3. The van der Waals surface area contributed by atoms with Crippen molar-refractivity contribution in [3.63, 3.8) is 0 Å². The third kappa shape index (κ3) is 4.48. The molecule has 0 amide bonds. The molecule has 31 heavy (non-hydrogen) atoms. The van der Waals surface area contributed by atoms with Gasteiger partial charge in [-0.15, -0.1) is 0 Å². The third-order valence-electron chi connectivity index (χ3n) is 7.45. The molecular formula is C28H33NO2. The Bertz CT molecular complexity index is 1010. The van der Waals surface area contributed by atoms with Crippen LogP contribution in [-0.4, -0.2) is 17.4 Å². The minimum atomic E-state index is -0.287. The fourth-order valence-electron chi connectivity index (χ4n) is 5.45. The molecular weight excluding hydrogens is 382 g/mol. The highest BCUT2D eigenvalue weighted by molar-refractivity contribution is 5.81. The van der Waals surface area contributed by atoms with Gasteiger partial charge in [0.25, 0.3) is 0 Å². The minimum absolute atomic E-state index is 0.287. The lowest BCUT2D eigenvalue weighted by Crippen LogP contribution is -2.32. The van der Waals surface area contributed by atoms with Gasteiger partial charge in [0, 0.05) is 18.0 Å². The van der Waals surface area contributed by atoms with Gasteiger partial charge in [0.15, 0.2) is 0 Å². The van der Waals surface area contributed by atoms with Crippen molar-refractivity contribution in [3.05, 3.63) is 71.9 Å². The van der Waals surface area contributed by atoms with Crippen molar-refractivity contribution < 1.29 is 9.47 Å². The number of nitrogens with zero attached hydrogens (tertiary/aromatic N) is 1. The van der Waals surface area contributed by atoms with E-state index in [1.807, 2.05) is 12.3 Å². The molecule has 0 saturated heterocycles. The summed E-state index contributed by atoms with van der Waals surface area (Å²) < 4.78 is 13.1. The van der Waals surface area contributed by atoms with Crippen LogP contribution in [0.15, 0.2) is 60.8 Å². The summed E-state index contributed by atoms with van der Waals surface area (Å²) in [4.78, 5) is 4.52. The van der Waals surface area contributed by atoms with Crippen molar-refractivity contribution in [1.29, 1.82) is 0 Å². The summed E-state index contributed by atoms with van der Waals surface area (Å²) in [5.74, 6) is 3.02. The number of rotatable bonds is 8. The van der Waals surface area contributed by atoms with Gasteiger partial charge in [-0.25, -0.2) is 0 Å². The van der Waals surface area contributed by atoms with Crippen LogP contribution < -0.4 is 4.74 Å². The molecule has 3 aromatic rings. The number of aromatic nitrogens is 1. The van der Waals surface area contributed by atoms with E-state index < -0.39 is 0 Å². The largest absolute Gasteiger partial charge is 0.465 e. The fraction of sp³-hybridized carbons (Fsp3) is 0.464. The number of benzene rings is 2. The predicted molar refractivity (Wildman–Crippen MR) is 125 cm³/mol. The molecule has 2 fully saturated rings. The van der Waals surface area contributed by atoms with Crippen LogP contribution in [0.25, 0.3) is 10.9 Å². The summed E-state index contributed by atoms with van der Waals surface area (Å²) >= 11 is 0. The Kier molecular flexibility index (Phi) is 5.95. The summed E-state index contributed by atoms with van der Waals surface area (Å²) in [6, 6.07) is 19.1. The molecule has 0 spiro atoms. The van der Waals surface area contributed by atoms with Crippen LogP contribution in [0.5, 0.6) is 5.75 Å². The maximum Gasteiger partial charge on any atom is 0.204 e. The highest BCUT2D eigenvalue weighted by atomic mass is 16.7. The van der Waals surface area contributed by atoms with E-state index in [1.165, 1.54) is 42.2 Å². The molecule has 0 radical (unpaired) electrons. The molecule has 3 nitrogen and oxygen atoms in total. The van der Waals surface area contributed by atoms with Crippen LogP contribution in [0.2, 0.25) is 0 Å². The molecule has 3 heteroatoms. The Balaban J connectivity index is 1.37. The first-order valence-corrected chi connectivity index (χ1v) is 11.9. The van der Waals surface area contributed by atoms with E-state index in [0.717, 1.165) is 30.0 Å². The maximum absolute atomic E-state index is 6.66. The quantitative estimate of drug-likeness (QED) is 0.375. The molecule has 5 unspecified atom stereocenters. The Morgan fingerprint density at radius 2 is 1.87 bits per heavy atom. The van der Waals surface area contributed by atoms with Crippen LogP contribution in [-0.2, 0) is 11.2 Å². The SMILES string of the molecule is CCC(C)c1ccc(OC(Cc2cccc3ncccc23)OC2CC3CCC2C3)cc1. The van der Waals surface area contributed by atoms with Gasteiger partial charge < -0.3 is 9.47 Å². The Labute approximate surface area is 185 Å². The second-order valence-corrected chi connectivity index (χ2v) is 9.47. The Hall–Kier alpha value is -2.39. The van der Waals surface area contributed by atoms with Gasteiger partial charge in [-0.3, -0.25) is 4.98 Å². The number of hydrogen-bond donors (Lipinski definition) is 0. The lowest BCUT2D eigenvalue weighted by atomic mass is 9.97. The first-order chi connectivity index (χ1) is 15.2. The summed E-state index contributed by atoms with van der Waals surface area (Å²) in [6.07, 6.45) is 8.97. The van der Waals surface area contributed by atoms with Gasteiger partial charge in [-0.2, -0.15) is 0 Å². The van der Waals surface area contributed by atoms with Gasteiger partial charge in [0.05, 0.1) is 11.6 Å². The van der Waals surface area contributed by atoms with Crippen LogP contribution in [0, 0.1) is 11.8 Å². The molecule has 0 aliphatic heterocycles. The molecule has 2 aliphatic carbocycles. The number of pyridine rings is 1. The second kappa shape index (κ2) is 9.00. The van der Waals surface area contributed by atoms with E-state index in [0.29, 0.717) is 17.9 Å².